The zero-order valence-corrected chi connectivity index (χ0v) is 17.8. The van der Waals surface area contributed by atoms with Crippen molar-refractivity contribution in [2.75, 3.05) is 0 Å². The Labute approximate surface area is 167 Å². The molecule has 4 rings (SSSR count). The van der Waals surface area contributed by atoms with Crippen LogP contribution in [0.25, 0.3) is 0 Å². The van der Waals surface area contributed by atoms with Gasteiger partial charge in [0.2, 0.25) is 0 Å². The van der Waals surface area contributed by atoms with E-state index in [4.69, 9.17) is 17.5 Å². The highest BCUT2D eigenvalue weighted by atomic mass is 32.3. The van der Waals surface area contributed by atoms with Gasteiger partial charge in [-0.05, 0) is 86.5 Å². The number of Topliss-reactive ketones (excluding diaryl/α,β-unsaturated/α-hetero) is 1. The van der Waals surface area contributed by atoms with E-state index >= 15 is 0 Å². The lowest BCUT2D eigenvalue weighted by atomic mass is 9.47. The summed E-state index contributed by atoms with van der Waals surface area (Å²) in [7, 11) is -4.67. The first-order chi connectivity index (χ1) is 12.9. The van der Waals surface area contributed by atoms with Crippen molar-refractivity contribution in [2.24, 2.45) is 34.5 Å². The molecule has 6 nitrogen and oxygen atoms in total. The Hall–Kier alpha value is -1.05. The van der Waals surface area contributed by atoms with Crippen LogP contribution in [0, 0.1) is 34.5 Å². The molecule has 0 bridgehead atoms. The van der Waals surface area contributed by atoms with Crippen LogP contribution in [0.15, 0.2) is 11.6 Å². The molecular formula is C21H32O6S. The van der Waals surface area contributed by atoms with Gasteiger partial charge in [0, 0.05) is 12.3 Å². The zero-order valence-electron chi connectivity index (χ0n) is 17.0. The summed E-state index contributed by atoms with van der Waals surface area (Å²) < 4.78 is 31.6. The first kappa shape index (κ1) is 21.7. The summed E-state index contributed by atoms with van der Waals surface area (Å²) in [6.45, 7) is 6.65. The molecule has 0 aromatic heterocycles. The van der Waals surface area contributed by atoms with Gasteiger partial charge in [0.05, 0.1) is 0 Å². The van der Waals surface area contributed by atoms with Crippen molar-refractivity contribution in [3.8, 4) is 0 Å². The molecule has 0 spiro atoms. The molecule has 28 heavy (non-hydrogen) atoms. The van der Waals surface area contributed by atoms with E-state index in [-0.39, 0.29) is 10.8 Å². The van der Waals surface area contributed by atoms with Gasteiger partial charge in [-0.1, -0.05) is 19.4 Å². The minimum atomic E-state index is -4.67. The zero-order chi connectivity index (χ0) is 20.9. The van der Waals surface area contributed by atoms with Gasteiger partial charge >= 0.3 is 10.4 Å². The van der Waals surface area contributed by atoms with Gasteiger partial charge in [0.15, 0.2) is 5.78 Å². The maximum absolute atomic E-state index is 12.1. The molecule has 0 amide bonds. The van der Waals surface area contributed by atoms with Crippen LogP contribution in [0.4, 0.5) is 0 Å². The topological polar surface area (TPSA) is 109 Å². The number of allylic oxidation sites excluding steroid dienone is 1. The first-order valence-electron chi connectivity index (χ1n) is 10.3. The predicted molar refractivity (Wildman–Crippen MR) is 105 cm³/mol. The Morgan fingerprint density at radius 1 is 1.04 bits per heavy atom. The third-order valence-electron chi connectivity index (χ3n) is 8.45. The largest absolute Gasteiger partial charge is 0.394 e. The number of hydrogen-bond acceptors (Lipinski definition) is 4. The van der Waals surface area contributed by atoms with E-state index in [1.807, 2.05) is 6.08 Å². The lowest BCUT2D eigenvalue weighted by Gasteiger charge is -2.58. The second-order valence-electron chi connectivity index (χ2n) is 9.70. The fourth-order valence-electron chi connectivity index (χ4n) is 7.23. The summed E-state index contributed by atoms with van der Waals surface area (Å²) in [6, 6.07) is 0. The molecule has 3 fully saturated rings. The SMILES string of the molecule is CC(=O)[C@H]1CC[C@H]2[C@@H]3CCC4=CC(=O)CC[C@]4(C)[C@H]3CC[C@]12C.O=S(=O)(O)O. The summed E-state index contributed by atoms with van der Waals surface area (Å²) >= 11 is 0. The molecule has 4 aliphatic rings. The molecule has 0 aromatic carbocycles. The molecule has 6 atom stereocenters. The third kappa shape index (κ3) is 3.85. The summed E-state index contributed by atoms with van der Waals surface area (Å²) in [6.07, 6.45) is 10.9. The maximum atomic E-state index is 12.1. The van der Waals surface area contributed by atoms with Crippen molar-refractivity contribution in [1.29, 1.82) is 0 Å². The molecule has 0 radical (unpaired) electrons. The molecule has 158 valence electrons. The summed E-state index contributed by atoms with van der Waals surface area (Å²) in [4.78, 5) is 24.0. The molecule has 2 N–H and O–H groups in total. The van der Waals surface area contributed by atoms with Crippen molar-refractivity contribution in [1.82, 2.24) is 0 Å². The monoisotopic (exact) mass is 412 g/mol. The molecule has 0 aromatic rings. The normalized spacial score (nSPS) is 42.3. The van der Waals surface area contributed by atoms with E-state index in [0.717, 1.165) is 43.4 Å². The third-order valence-corrected chi connectivity index (χ3v) is 8.45. The molecule has 0 saturated heterocycles. The lowest BCUT2D eigenvalue weighted by molar-refractivity contribution is -0.128. The number of carbonyl (C=O) groups excluding carboxylic acids is 2. The van der Waals surface area contributed by atoms with Crippen LogP contribution in [-0.4, -0.2) is 29.1 Å². The summed E-state index contributed by atoms with van der Waals surface area (Å²) in [5.41, 5.74) is 1.95. The molecule has 3 saturated carbocycles. The average molecular weight is 413 g/mol. The van der Waals surface area contributed by atoms with Gasteiger partial charge in [-0.2, -0.15) is 8.42 Å². The van der Waals surface area contributed by atoms with E-state index in [1.165, 1.54) is 31.3 Å². The molecule has 0 heterocycles. The number of ketones is 2. The Kier molecular flexibility index (Phi) is 5.67. The number of hydrogen-bond donors (Lipinski definition) is 2. The highest BCUT2D eigenvalue weighted by molar-refractivity contribution is 7.79. The van der Waals surface area contributed by atoms with Gasteiger partial charge in [-0.25, -0.2) is 0 Å². The van der Waals surface area contributed by atoms with Gasteiger partial charge in [-0.3, -0.25) is 18.7 Å². The van der Waals surface area contributed by atoms with Gasteiger partial charge < -0.3 is 0 Å². The number of fused-ring (bicyclic) bond motifs is 5. The Bertz CT molecular complexity index is 792. The summed E-state index contributed by atoms with van der Waals surface area (Å²) in [5.74, 6) is 3.29. The molecule has 4 aliphatic carbocycles. The average Bonchev–Trinajstić information content (AvgIpc) is 2.91. The fourth-order valence-corrected chi connectivity index (χ4v) is 7.23. The molecule has 0 aliphatic heterocycles. The number of carbonyl (C=O) groups is 2. The smallest absolute Gasteiger partial charge is 0.300 e. The van der Waals surface area contributed by atoms with Crippen LogP contribution in [0.2, 0.25) is 0 Å². The first-order valence-corrected chi connectivity index (χ1v) is 11.7. The fraction of sp³-hybridized carbons (Fsp3) is 0.810. The van der Waals surface area contributed by atoms with Crippen LogP contribution < -0.4 is 0 Å². The summed E-state index contributed by atoms with van der Waals surface area (Å²) in [5, 5.41) is 0. The van der Waals surface area contributed by atoms with E-state index in [9.17, 15) is 9.59 Å². The van der Waals surface area contributed by atoms with Crippen molar-refractivity contribution in [3.63, 3.8) is 0 Å². The Morgan fingerprint density at radius 2 is 1.68 bits per heavy atom. The van der Waals surface area contributed by atoms with Crippen molar-refractivity contribution >= 4 is 22.0 Å². The van der Waals surface area contributed by atoms with Crippen molar-refractivity contribution in [3.05, 3.63) is 11.6 Å². The van der Waals surface area contributed by atoms with Crippen LogP contribution >= 0.6 is 0 Å². The standard InChI is InChI=1S/C21H30O2.H2O4S/c1-13(22)17-6-7-18-16-5-4-14-12-15(23)8-10-20(14,2)19(16)9-11-21(17,18)3;1-5(2,3)4/h12,16-19H,4-11H2,1-3H3;(H2,1,2,3,4)/t16-,17+,18-,19-,20-,21+;/m0./s1. The lowest BCUT2D eigenvalue weighted by Crippen LogP contribution is -2.51. The highest BCUT2D eigenvalue weighted by Crippen LogP contribution is 2.66. The molecule has 7 heteroatoms. The van der Waals surface area contributed by atoms with Gasteiger partial charge in [0.1, 0.15) is 5.78 Å². The van der Waals surface area contributed by atoms with Gasteiger partial charge in [-0.15, -0.1) is 0 Å². The van der Waals surface area contributed by atoms with Crippen LogP contribution in [0.3, 0.4) is 0 Å². The van der Waals surface area contributed by atoms with Crippen molar-refractivity contribution in [2.45, 2.75) is 72.1 Å². The van der Waals surface area contributed by atoms with Crippen molar-refractivity contribution < 1.29 is 27.1 Å². The molecular weight excluding hydrogens is 380 g/mol. The number of rotatable bonds is 1. The predicted octanol–water partition coefficient (Wildman–Crippen LogP) is 4.07. The van der Waals surface area contributed by atoms with E-state index < -0.39 is 10.4 Å². The van der Waals surface area contributed by atoms with E-state index in [1.54, 1.807) is 6.92 Å². The Balaban J connectivity index is 0.000000403. The second kappa shape index (κ2) is 7.33. The van der Waals surface area contributed by atoms with E-state index in [0.29, 0.717) is 17.5 Å². The Morgan fingerprint density at radius 3 is 2.29 bits per heavy atom. The van der Waals surface area contributed by atoms with E-state index in [2.05, 4.69) is 13.8 Å². The second-order valence-corrected chi connectivity index (χ2v) is 10.6. The molecule has 0 unspecified atom stereocenters. The van der Waals surface area contributed by atoms with Gasteiger partial charge in [0.25, 0.3) is 0 Å². The van der Waals surface area contributed by atoms with Crippen LogP contribution in [-0.2, 0) is 20.0 Å². The van der Waals surface area contributed by atoms with Crippen LogP contribution in [0.1, 0.15) is 72.1 Å². The minimum absolute atomic E-state index is 0.245. The maximum Gasteiger partial charge on any atom is 0.394 e. The quantitative estimate of drug-likeness (QED) is 0.628. The minimum Gasteiger partial charge on any atom is -0.300 e. The highest BCUT2D eigenvalue weighted by Gasteiger charge is 2.59. The van der Waals surface area contributed by atoms with Crippen LogP contribution in [0.5, 0.6) is 0 Å².